The number of hydrogen-bond donors (Lipinski definition) is 1. The van der Waals surface area contributed by atoms with Gasteiger partial charge in [0.05, 0.1) is 11.6 Å². The molecule has 0 saturated heterocycles. The average molecular weight is 298 g/mol. The molecule has 20 heavy (non-hydrogen) atoms. The highest BCUT2D eigenvalue weighted by molar-refractivity contribution is 6.32. The molecule has 106 valence electrons. The summed E-state index contributed by atoms with van der Waals surface area (Å²) in [5.41, 5.74) is 0.615. The van der Waals surface area contributed by atoms with Gasteiger partial charge in [-0.3, -0.25) is 4.98 Å². The fourth-order valence-corrected chi connectivity index (χ4v) is 1.71. The first kappa shape index (κ1) is 14.1. The number of ether oxygens (including phenoxy) is 2. The molecule has 0 saturated carbocycles. The molecule has 8 heteroatoms. The van der Waals surface area contributed by atoms with E-state index in [9.17, 15) is 10.0 Å². The first-order valence-corrected chi connectivity index (χ1v) is 6.18. The maximum absolute atomic E-state index is 11.2. The summed E-state index contributed by atoms with van der Waals surface area (Å²) in [6.07, 6.45) is 1.54. The van der Waals surface area contributed by atoms with E-state index in [0.29, 0.717) is 15.6 Å². The molecule has 0 radical (unpaired) electrons. The molecule has 2 rings (SSSR count). The third-order valence-electron chi connectivity index (χ3n) is 2.31. The number of halogens is 1. The molecular formula is C12H12ClN3O4. The van der Waals surface area contributed by atoms with E-state index < -0.39 is 5.97 Å². The third-order valence-corrected chi connectivity index (χ3v) is 2.62. The van der Waals surface area contributed by atoms with Crippen LogP contribution in [0.4, 0.5) is 0 Å². The molecule has 2 aromatic rings. The SMILES string of the molecule is CCOC(=O)COc1cc(-c2ncccc2Cl)n(O)n1. The van der Waals surface area contributed by atoms with E-state index in [1.54, 1.807) is 19.1 Å². The molecule has 0 aromatic carbocycles. The molecule has 1 N–H and O–H groups in total. The zero-order chi connectivity index (χ0) is 14.5. The van der Waals surface area contributed by atoms with Crippen molar-refractivity contribution in [3.63, 3.8) is 0 Å². The number of carbonyl (C=O) groups is 1. The Hall–Kier alpha value is -2.28. The van der Waals surface area contributed by atoms with Crippen LogP contribution in [0.3, 0.4) is 0 Å². The Labute approximate surface area is 119 Å². The molecule has 2 aromatic heterocycles. The Morgan fingerprint density at radius 2 is 2.35 bits per heavy atom. The second-order valence-corrected chi connectivity index (χ2v) is 4.09. The lowest BCUT2D eigenvalue weighted by atomic mass is 10.3. The van der Waals surface area contributed by atoms with Crippen molar-refractivity contribution in [1.82, 2.24) is 14.9 Å². The summed E-state index contributed by atoms with van der Waals surface area (Å²) in [5, 5.41) is 13.8. The van der Waals surface area contributed by atoms with Gasteiger partial charge in [-0.25, -0.2) is 4.79 Å². The lowest BCUT2D eigenvalue weighted by molar-refractivity contribution is -0.145. The quantitative estimate of drug-likeness (QED) is 0.668. The normalized spacial score (nSPS) is 10.3. The van der Waals surface area contributed by atoms with Gasteiger partial charge in [0.15, 0.2) is 6.61 Å². The van der Waals surface area contributed by atoms with E-state index in [1.165, 1.54) is 12.3 Å². The van der Waals surface area contributed by atoms with Gasteiger partial charge in [-0.15, -0.1) is 0 Å². The molecule has 0 amide bonds. The van der Waals surface area contributed by atoms with Gasteiger partial charge in [0, 0.05) is 12.3 Å². The van der Waals surface area contributed by atoms with E-state index >= 15 is 0 Å². The number of nitrogens with zero attached hydrogens (tertiary/aromatic N) is 3. The van der Waals surface area contributed by atoms with Gasteiger partial charge in [0.25, 0.3) is 0 Å². The van der Waals surface area contributed by atoms with Gasteiger partial charge < -0.3 is 14.7 Å². The van der Waals surface area contributed by atoms with Crippen LogP contribution in [0.5, 0.6) is 5.88 Å². The molecular weight excluding hydrogens is 286 g/mol. The molecule has 0 aliphatic rings. The van der Waals surface area contributed by atoms with Crippen LogP contribution >= 0.6 is 11.6 Å². The summed E-state index contributed by atoms with van der Waals surface area (Å²) in [6, 6.07) is 4.73. The van der Waals surface area contributed by atoms with Gasteiger partial charge in [-0.2, -0.15) is 0 Å². The largest absolute Gasteiger partial charge is 0.464 e. The Morgan fingerprint density at radius 1 is 1.55 bits per heavy atom. The number of pyridine rings is 1. The smallest absolute Gasteiger partial charge is 0.344 e. The van der Waals surface area contributed by atoms with Crippen LogP contribution in [0.15, 0.2) is 24.4 Å². The summed E-state index contributed by atoms with van der Waals surface area (Å²) in [4.78, 5) is 15.8. The Kier molecular flexibility index (Phi) is 4.41. The van der Waals surface area contributed by atoms with Crippen molar-refractivity contribution in [1.29, 1.82) is 0 Å². The van der Waals surface area contributed by atoms with Crippen LogP contribution in [-0.2, 0) is 9.53 Å². The van der Waals surface area contributed by atoms with Crippen molar-refractivity contribution in [3.8, 4) is 17.3 Å². The van der Waals surface area contributed by atoms with Crippen molar-refractivity contribution in [2.24, 2.45) is 0 Å². The molecule has 7 nitrogen and oxygen atoms in total. The minimum Gasteiger partial charge on any atom is -0.464 e. The van der Waals surface area contributed by atoms with Gasteiger partial charge in [-0.05, 0) is 19.1 Å². The second-order valence-electron chi connectivity index (χ2n) is 3.68. The van der Waals surface area contributed by atoms with Gasteiger partial charge in [-0.1, -0.05) is 21.5 Å². The first-order valence-electron chi connectivity index (χ1n) is 5.80. The molecule has 0 unspecified atom stereocenters. The second kappa shape index (κ2) is 6.25. The van der Waals surface area contributed by atoms with Crippen molar-refractivity contribution in [2.75, 3.05) is 13.2 Å². The lowest BCUT2D eigenvalue weighted by Crippen LogP contribution is -2.14. The number of rotatable bonds is 5. The topological polar surface area (TPSA) is 86.5 Å². The zero-order valence-corrected chi connectivity index (χ0v) is 11.4. The summed E-state index contributed by atoms with van der Waals surface area (Å²) < 4.78 is 9.82. The summed E-state index contributed by atoms with van der Waals surface area (Å²) in [6.45, 7) is 1.67. The van der Waals surface area contributed by atoms with Crippen LogP contribution in [0.2, 0.25) is 5.02 Å². The maximum atomic E-state index is 11.2. The highest BCUT2D eigenvalue weighted by Crippen LogP contribution is 2.27. The Balaban J connectivity index is 2.14. The minimum atomic E-state index is -0.516. The fraction of sp³-hybridized carbons (Fsp3) is 0.250. The van der Waals surface area contributed by atoms with Crippen LogP contribution in [-0.4, -0.2) is 39.3 Å². The lowest BCUT2D eigenvalue weighted by Gasteiger charge is -2.01. The number of carbonyl (C=O) groups excluding carboxylic acids is 1. The monoisotopic (exact) mass is 297 g/mol. The Morgan fingerprint density at radius 3 is 3.05 bits per heavy atom. The number of esters is 1. The molecule has 0 fully saturated rings. The Bertz CT molecular complexity index is 614. The summed E-state index contributed by atoms with van der Waals surface area (Å²) in [5.74, 6) is -0.449. The van der Waals surface area contributed by atoms with Gasteiger partial charge in [0.2, 0.25) is 5.88 Å². The van der Waals surface area contributed by atoms with Gasteiger partial charge in [0.1, 0.15) is 11.4 Å². The van der Waals surface area contributed by atoms with Crippen molar-refractivity contribution < 1.29 is 19.5 Å². The van der Waals surface area contributed by atoms with Crippen LogP contribution in [0.1, 0.15) is 6.92 Å². The number of aromatic nitrogens is 3. The van der Waals surface area contributed by atoms with Crippen molar-refractivity contribution >= 4 is 17.6 Å². The van der Waals surface area contributed by atoms with Crippen molar-refractivity contribution in [2.45, 2.75) is 6.92 Å². The number of hydrogen-bond acceptors (Lipinski definition) is 6. The predicted molar refractivity (Wildman–Crippen MR) is 69.8 cm³/mol. The first-order chi connectivity index (χ1) is 9.61. The van der Waals surface area contributed by atoms with E-state index in [1.807, 2.05) is 0 Å². The summed E-state index contributed by atoms with van der Waals surface area (Å²) in [7, 11) is 0. The standard InChI is InChI=1S/C12H12ClN3O4/c1-2-19-11(17)7-20-10-6-9(16(18)15-10)12-8(13)4-3-5-14-12/h3-6,18H,2,7H2,1H3. The van der Waals surface area contributed by atoms with Crippen LogP contribution < -0.4 is 4.74 Å². The molecule has 0 aliphatic heterocycles. The maximum Gasteiger partial charge on any atom is 0.344 e. The average Bonchev–Trinajstić information content (AvgIpc) is 2.79. The molecule has 0 aliphatic carbocycles. The van der Waals surface area contributed by atoms with E-state index in [-0.39, 0.29) is 24.8 Å². The van der Waals surface area contributed by atoms with Crippen LogP contribution in [0, 0.1) is 0 Å². The van der Waals surface area contributed by atoms with E-state index in [4.69, 9.17) is 21.1 Å². The van der Waals surface area contributed by atoms with E-state index in [2.05, 4.69) is 10.1 Å². The van der Waals surface area contributed by atoms with E-state index in [0.717, 1.165) is 0 Å². The molecule has 0 bridgehead atoms. The molecule has 0 spiro atoms. The van der Waals surface area contributed by atoms with Gasteiger partial charge >= 0.3 is 5.97 Å². The fourth-order valence-electron chi connectivity index (χ4n) is 1.49. The predicted octanol–water partition coefficient (Wildman–Crippen LogP) is 1.78. The van der Waals surface area contributed by atoms with Crippen molar-refractivity contribution in [3.05, 3.63) is 29.4 Å². The highest BCUT2D eigenvalue weighted by Gasteiger charge is 2.15. The molecule has 0 atom stereocenters. The minimum absolute atomic E-state index is 0.0669. The third kappa shape index (κ3) is 3.18. The zero-order valence-electron chi connectivity index (χ0n) is 10.6. The highest BCUT2D eigenvalue weighted by atomic mass is 35.5. The van der Waals surface area contributed by atoms with Crippen LogP contribution in [0.25, 0.3) is 11.4 Å². The summed E-state index contributed by atoms with van der Waals surface area (Å²) >= 11 is 5.98. The molecule has 2 heterocycles.